The molecule has 0 aliphatic heterocycles. The van der Waals surface area contributed by atoms with Crippen molar-refractivity contribution in [3.8, 4) is 6.07 Å². The van der Waals surface area contributed by atoms with Crippen LogP contribution >= 0.6 is 0 Å². The third-order valence-corrected chi connectivity index (χ3v) is 2.50. The fourth-order valence-corrected chi connectivity index (χ4v) is 1.47. The maximum atomic E-state index is 11.0. The van der Waals surface area contributed by atoms with Crippen molar-refractivity contribution in [1.29, 1.82) is 5.26 Å². The lowest BCUT2D eigenvalue weighted by Gasteiger charge is -2.18. The van der Waals surface area contributed by atoms with E-state index in [1.54, 1.807) is 0 Å². The van der Waals surface area contributed by atoms with E-state index in [1.165, 1.54) is 25.3 Å². The van der Waals surface area contributed by atoms with E-state index in [9.17, 15) is 15.0 Å². The number of nitrogens with zero attached hydrogens (tertiary/aromatic N) is 1. The number of aliphatic hydroxyl groups excluding tert-OH is 2. The van der Waals surface area contributed by atoms with E-state index in [4.69, 9.17) is 11.0 Å². The minimum Gasteiger partial charge on any atom is -0.469 e. The van der Waals surface area contributed by atoms with Crippen molar-refractivity contribution in [3.05, 3.63) is 29.3 Å². The second kappa shape index (κ2) is 6.00. The Kier molecular flexibility index (Phi) is 4.66. The Hall–Kier alpha value is -2.10. The second-order valence-electron chi connectivity index (χ2n) is 3.75. The van der Waals surface area contributed by atoms with Crippen molar-refractivity contribution < 1.29 is 19.7 Å². The Labute approximate surface area is 104 Å². The first-order valence-corrected chi connectivity index (χ1v) is 5.22. The van der Waals surface area contributed by atoms with Crippen LogP contribution < -0.4 is 5.73 Å². The molecule has 0 spiro atoms. The topological polar surface area (TPSA) is 117 Å². The largest absolute Gasteiger partial charge is 0.469 e. The average Bonchev–Trinajstić information content (AvgIpc) is 2.38. The fourth-order valence-electron chi connectivity index (χ4n) is 1.47. The normalized spacial score (nSPS) is 13.4. The van der Waals surface area contributed by atoms with Gasteiger partial charge >= 0.3 is 5.97 Å². The molecule has 6 nitrogen and oxygen atoms in total. The number of anilines is 1. The number of methoxy groups -OCH3 is 1. The highest BCUT2D eigenvalue weighted by Crippen LogP contribution is 2.25. The van der Waals surface area contributed by atoms with Gasteiger partial charge in [-0.2, -0.15) is 5.26 Å². The van der Waals surface area contributed by atoms with Crippen molar-refractivity contribution in [3.63, 3.8) is 0 Å². The minimum atomic E-state index is -1.35. The van der Waals surface area contributed by atoms with Crippen molar-refractivity contribution in [2.24, 2.45) is 0 Å². The smallest absolute Gasteiger partial charge is 0.308 e. The fraction of sp³-hybridized carbons (Fsp3) is 0.333. The van der Waals surface area contributed by atoms with Gasteiger partial charge in [0.1, 0.15) is 6.10 Å². The van der Waals surface area contributed by atoms with Crippen molar-refractivity contribution in [2.75, 3.05) is 12.8 Å². The zero-order chi connectivity index (χ0) is 13.7. The highest BCUT2D eigenvalue weighted by molar-refractivity contribution is 5.70. The zero-order valence-electron chi connectivity index (χ0n) is 9.83. The lowest BCUT2D eigenvalue weighted by molar-refractivity contribution is -0.144. The summed E-state index contributed by atoms with van der Waals surface area (Å²) in [5.74, 6) is -0.642. The quantitative estimate of drug-likeness (QED) is 0.515. The third-order valence-electron chi connectivity index (χ3n) is 2.50. The van der Waals surface area contributed by atoms with Crippen LogP contribution in [0.2, 0.25) is 0 Å². The summed E-state index contributed by atoms with van der Waals surface area (Å²) < 4.78 is 4.39. The summed E-state index contributed by atoms with van der Waals surface area (Å²) in [5, 5.41) is 28.3. The standard InChI is InChI=1S/C12H14N2O4/c1-18-11(16)5-10(15)12(17)8-4-7(6-13)2-3-9(8)14/h2-4,10,12,15,17H,5,14H2,1H3. The molecule has 2 unspecified atom stereocenters. The molecule has 18 heavy (non-hydrogen) atoms. The molecule has 0 saturated carbocycles. The van der Waals surface area contributed by atoms with Gasteiger partial charge in [0.25, 0.3) is 0 Å². The molecule has 0 bridgehead atoms. The van der Waals surface area contributed by atoms with E-state index in [1.807, 2.05) is 6.07 Å². The molecule has 0 aromatic heterocycles. The van der Waals surface area contributed by atoms with Gasteiger partial charge in [0.15, 0.2) is 0 Å². The van der Waals surface area contributed by atoms with E-state index in [0.717, 1.165) is 0 Å². The van der Waals surface area contributed by atoms with Crippen molar-refractivity contribution >= 4 is 11.7 Å². The predicted molar refractivity (Wildman–Crippen MR) is 63.2 cm³/mol. The van der Waals surface area contributed by atoms with Gasteiger partial charge in [0, 0.05) is 11.3 Å². The number of benzene rings is 1. The summed E-state index contributed by atoms with van der Waals surface area (Å²) in [5.41, 5.74) is 6.41. The van der Waals surface area contributed by atoms with Crippen molar-refractivity contribution in [1.82, 2.24) is 0 Å². The number of esters is 1. The van der Waals surface area contributed by atoms with Crippen molar-refractivity contribution in [2.45, 2.75) is 18.6 Å². The number of carbonyl (C=O) groups is 1. The Morgan fingerprint density at radius 2 is 2.22 bits per heavy atom. The Morgan fingerprint density at radius 1 is 1.56 bits per heavy atom. The van der Waals surface area contributed by atoms with Crippen LogP contribution in [0.25, 0.3) is 0 Å². The van der Waals surface area contributed by atoms with Gasteiger partial charge in [-0.3, -0.25) is 4.79 Å². The van der Waals surface area contributed by atoms with Gasteiger partial charge in [-0.25, -0.2) is 0 Å². The van der Waals surface area contributed by atoms with Crippen LogP contribution in [-0.4, -0.2) is 29.4 Å². The molecule has 0 amide bonds. The summed E-state index contributed by atoms with van der Waals surface area (Å²) in [6, 6.07) is 6.23. The van der Waals surface area contributed by atoms with Gasteiger partial charge < -0.3 is 20.7 Å². The first kappa shape index (κ1) is 14.0. The van der Waals surface area contributed by atoms with Crippen LogP contribution in [0.3, 0.4) is 0 Å². The summed E-state index contributed by atoms with van der Waals surface area (Å²) in [4.78, 5) is 11.0. The molecule has 0 fully saturated rings. The molecular formula is C12H14N2O4. The van der Waals surface area contributed by atoms with Crippen LogP contribution in [0.5, 0.6) is 0 Å². The SMILES string of the molecule is COC(=O)CC(O)C(O)c1cc(C#N)ccc1N. The number of nitrogen functional groups attached to an aromatic ring is 1. The second-order valence-corrected chi connectivity index (χ2v) is 3.75. The summed E-state index contributed by atoms with van der Waals surface area (Å²) in [7, 11) is 1.19. The summed E-state index contributed by atoms with van der Waals surface area (Å²) >= 11 is 0. The van der Waals surface area contributed by atoms with Gasteiger partial charge in [-0.05, 0) is 18.2 Å². The molecule has 1 rings (SSSR count). The van der Waals surface area contributed by atoms with Gasteiger partial charge in [0.2, 0.25) is 0 Å². The van der Waals surface area contributed by atoms with Crippen LogP contribution in [0.4, 0.5) is 5.69 Å². The molecule has 0 aliphatic rings. The first-order chi connectivity index (χ1) is 8.49. The number of carbonyl (C=O) groups excluding carboxylic acids is 1. The number of ether oxygens (including phenoxy) is 1. The van der Waals surface area contributed by atoms with Gasteiger partial charge in [-0.15, -0.1) is 0 Å². The first-order valence-electron chi connectivity index (χ1n) is 5.22. The molecule has 0 aliphatic carbocycles. The molecule has 0 radical (unpaired) electrons. The monoisotopic (exact) mass is 250 g/mol. The Balaban J connectivity index is 2.92. The summed E-state index contributed by atoms with van der Waals surface area (Å²) in [6.07, 6.45) is -3.04. The molecule has 2 atom stereocenters. The Morgan fingerprint density at radius 3 is 2.78 bits per heavy atom. The number of nitrogens with two attached hydrogens (primary N) is 1. The lowest BCUT2D eigenvalue weighted by Crippen LogP contribution is -2.23. The molecule has 4 N–H and O–H groups in total. The highest BCUT2D eigenvalue weighted by Gasteiger charge is 2.23. The van der Waals surface area contributed by atoms with Crippen LogP contribution in [0, 0.1) is 11.3 Å². The average molecular weight is 250 g/mol. The van der Waals surface area contributed by atoms with E-state index < -0.39 is 18.2 Å². The third kappa shape index (κ3) is 3.20. The Bertz CT molecular complexity index is 481. The van der Waals surface area contributed by atoms with E-state index in [-0.39, 0.29) is 17.7 Å². The van der Waals surface area contributed by atoms with E-state index >= 15 is 0 Å². The maximum Gasteiger partial charge on any atom is 0.308 e. The minimum absolute atomic E-state index is 0.213. The molecular weight excluding hydrogens is 236 g/mol. The van der Waals surface area contributed by atoms with Crippen LogP contribution in [0.1, 0.15) is 23.7 Å². The molecule has 1 aromatic rings. The number of hydrogen-bond acceptors (Lipinski definition) is 6. The van der Waals surface area contributed by atoms with Gasteiger partial charge in [-0.1, -0.05) is 0 Å². The number of aliphatic hydroxyl groups is 2. The molecule has 0 saturated heterocycles. The lowest BCUT2D eigenvalue weighted by atomic mass is 9.98. The van der Waals surface area contributed by atoms with E-state index in [2.05, 4.69) is 4.74 Å². The van der Waals surface area contributed by atoms with Crippen LogP contribution in [-0.2, 0) is 9.53 Å². The summed E-state index contributed by atoms with van der Waals surface area (Å²) in [6.45, 7) is 0. The number of rotatable bonds is 4. The highest BCUT2D eigenvalue weighted by atomic mass is 16.5. The molecule has 0 heterocycles. The zero-order valence-corrected chi connectivity index (χ0v) is 9.83. The van der Waals surface area contributed by atoms with Crippen LogP contribution in [0.15, 0.2) is 18.2 Å². The molecule has 6 heteroatoms. The molecule has 1 aromatic carbocycles. The number of nitriles is 1. The predicted octanol–water partition coefficient (Wildman–Crippen LogP) is 0.0979. The molecule has 96 valence electrons. The maximum absolute atomic E-state index is 11.0. The number of hydrogen-bond donors (Lipinski definition) is 3. The van der Waals surface area contributed by atoms with E-state index in [0.29, 0.717) is 5.56 Å². The van der Waals surface area contributed by atoms with Gasteiger partial charge in [0.05, 0.1) is 31.3 Å².